The van der Waals surface area contributed by atoms with E-state index in [2.05, 4.69) is 5.32 Å². The Morgan fingerprint density at radius 2 is 2.04 bits per heavy atom. The van der Waals surface area contributed by atoms with E-state index in [-0.39, 0.29) is 43.8 Å². The average Bonchev–Trinajstić information content (AvgIpc) is 2.61. The fraction of sp³-hybridized carbons (Fsp3) is 0.529. The van der Waals surface area contributed by atoms with Gasteiger partial charge in [-0.25, -0.2) is 0 Å². The smallest absolute Gasteiger partial charge is 0.416 e. The van der Waals surface area contributed by atoms with Crippen molar-refractivity contribution in [3.63, 3.8) is 0 Å². The average molecular weight is 389 g/mol. The van der Waals surface area contributed by atoms with Crippen molar-refractivity contribution >= 4 is 11.8 Å². The molecule has 2 rings (SSSR count). The zero-order chi connectivity index (χ0) is 20.0. The molecule has 1 aromatic rings. The van der Waals surface area contributed by atoms with Gasteiger partial charge in [0.2, 0.25) is 11.8 Å². The summed E-state index contributed by atoms with van der Waals surface area (Å²) in [5, 5.41) is 12.9. The summed E-state index contributed by atoms with van der Waals surface area (Å²) in [6, 6.07) is 4.12. The minimum atomic E-state index is -4.42. The summed E-state index contributed by atoms with van der Waals surface area (Å²) in [5.74, 6) is -0.296. The molecule has 1 unspecified atom stereocenters. The molecule has 1 heterocycles. The van der Waals surface area contributed by atoms with E-state index in [9.17, 15) is 27.9 Å². The Kier molecular flexibility index (Phi) is 7.03. The number of hydrogen-bond donors (Lipinski definition) is 2. The van der Waals surface area contributed by atoms with Gasteiger partial charge in [0, 0.05) is 26.7 Å². The molecule has 150 valence electrons. The molecule has 27 heavy (non-hydrogen) atoms. The number of hydrogen-bond acceptors (Lipinski definition) is 5. The number of nitrogens with one attached hydrogen (secondary N) is 1. The summed E-state index contributed by atoms with van der Waals surface area (Å²) in [7, 11) is 1.50. The van der Waals surface area contributed by atoms with E-state index >= 15 is 0 Å². The van der Waals surface area contributed by atoms with Gasteiger partial charge < -0.3 is 25.0 Å². The predicted octanol–water partition coefficient (Wildman–Crippen LogP) is 0.335. The standard InChI is InChI=1S/C17H22F3N3O4/c1-22(16(26)10-23-7-6-21-8-15(23)25)9-13(24)11-27-14-4-2-12(3-5-14)17(18,19)20/h2-5,13,21,24H,6-11H2,1H3. The van der Waals surface area contributed by atoms with Crippen molar-refractivity contribution in [3.8, 4) is 5.75 Å². The molecule has 10 heteroatoms. The van der Waals surface area contributed by atoms with E-state index in [0.717, 1.165) is 12.1 Å². The van der Waals surface area contributed by atoms with Crippen LogP contribution in [0.25, 0.3) is 0 Å². The molecule has 2 amide bonds. The first-order valence-corrected chi connectivity index (χ1v) is 8.37. The third-order valence-electron chi connectivity index (χ3n) is 4.05. The van der Waals surface area contributed by atoms with E-state index in [0.29, 0.717) is 13.1 Å². The number of carbonyl (C=O) groups is 2. The van der Waals surface area contributed by atoms with E-state index in [1.54, 1.807) is 0 Å². The van der Waals surface area contributed by atoms with Gasteiger partial charge in [0.25, 0.3) is 0 Å². The largest absolute Gasteiger partial charge is 0.491 e. The molecule has 0 aliphatic carbocycles. The molecule has 1 aromatic carbocycles. The summed E-state index contributed by atoms with van der Waals surface area (Å²) >= 11 is 0. The lowest BCUT2D eigenvalue weighted by atomic mass is 10.2. The lowest BCUT2D eigenvalue weighted by Crippen LogP contribution is -2.52. The third-order valence-corrected chi connectivity index (χ3v) is 4.05. The zero-order valence-electron chi connectivity index (χ0n) is 14.8. The minimum absolute atomic E-state index is 0.0280. The highest BCUT2D eigenvalue weighted by Crippen LogP contribution is 2.30. The molecule has 7 nitrogen and oxygen atoms in total. The molecule has 1 atom stereocenters. The maximum Gasteiger partial charge on any atom is 0.416 e. The van der Waals surface area contributed by atoms with Crippen molar-refractivity contribution in [2.45, 2.75) is 12.3 Å². The van der Waals surface area contributed by atoms with Gasteiger partial charge in [-0.15, -0.1) is 0 Å². The van der Waals surface area contributed by atoms with Crippen LogP contribution in [0.15, 0.2) is 24.3 Å². The Hall–Kier alpha value is -2.33. The van der Waals surface area contributed by atoms with E-state index in [4.69, 9.17) is 4.74 Å². The Bertz CT molecular complexity index is 652. The van der Waals surface area contributed by atoms with Crippen LogP contribution in [-0.2, 0) is 15.8 Å². The number of alkyl halides is 3. The van der Waals surface area contributed by atoms with Gasteiger partial charge in [0.15, 0.2) is 0 Å². The Morgan fingerprint density at radius 1 is 1.37 bits per heavy atom. The molecular formula is C17H22F3N3O4. The summed E-state index contributed by atoms with van der Waals surface area (Å²) in [6.07, 6.45) is -5.45. The minimum Gasteiger partial charge on any atom is -0.491 e. The topological polar surface area (TPSA) is 82.1 Å². The maximum absolute atomic E-state index is 12.5. The molecular weight excluding hydrogens is 367 g/mol. The summed E-state index contributed by atoms with van der Waals surface area (Å²) in [5.41, 5.74) is -0.789. The molecule has 1 fully saturated rings. The second kappa shape index (κ2) is 9.05. The Morgan fingerprint density at radius 3 is 2.63 bits per heavy atom. The molecule has 2 N–H and O–H groups in total. The monoisotopic (exact) mass is 389 g/mol. The van der Waals surface area contributed by atoms with Crippen molar-refractivity contribution in [1.82, 2.24) is 15.1 Å². The van der Waals surface area contributed by atoms with Crippen LogP contribution in [0.5, 0.6) is 5.75 Å². The first kappa shape index (κ1) is 21.0. The normalized spacial score (nSPS) is 16.2. The van der Waals surface area contributed by atoms with E-state index < -0.39 is 17.8 Å². The fourth-order valence-electron chi connectivity index (χ4n) is 2.50. The number of rotatable bonds is 7. The fourth-order valence-corrected chi connectivity index (χ4v) is 2.50. The number of carbonyl (C=O) groups excluding carboxylic acids is 2. The number of halogens is 3. The SMILES string of the molecule is CN(CC(O)COc1ccc(C(F)(F)F)cc1)C(=O)CN1CCNCC1=O. The van der Waals surface area contributed by atoms with Crippen molar-refractivity contribution in [2.75, 3.05) is 46.4 Å². The van der Waals surface area contributed by atoms with Crippen molar-refractivity contribution in [2.24, 2.45) is 0 Å². The second-order valence-corrected chi connectivity index (χ2v) is 6.25. The summed E-state index contributed by atoms with van der Waals surface area (Å²) in [4.78, 5) is 26.6. The van der Waals surface area contributed by atoms with E-state index in [1.807, 2.05) is 0 Å². The van der Waals surface area contributed by atoms with Crippen molar-refractivity contribution < 1.29 is 32.6 Å². The lowest BCUT2D eigenvalue weighted by Gasteiger charge is -2.29. The number of likely N-dealkylation sites (N-methyl/N-ethyl adjacent to an activating group) is 1. The van der Waals surface area contributed by atoms with Gasteiger partial charge in [0.1, 0.15) is 18.5 Å². The van der Waals surface area contributed by atoms with Crippen LogP contribution < -0.4 is 10.1 Å². The molecule has 0 aromatic heterocycles. The number of amides is 2. The number of aliphatic hydroxyl groups is 1. The van der Waals surface area contributed by atoms with E-state index in [1.165, 1.54) is 29.0 Å². The van der Waals surface area contributed by atoms with Crippen LogP contribution in [-0.4, -0.2) is 79.2 Å². The number of piperazine rings is 1. The molecule has 1 saturated heterocycles. The quantitative estimate of drug-likeness (QED) is 0.703. The highest BCUT2D eigenvalue weighted by atomic mass is 19.4. The predicted molar refractivity (Wildman–Crippen MR) is 90.0 cm³/mol. The summed E-state index contributed by atoms with van der Waals surface area (Å²) in [6.45, 7) is 0.976. The second-order valence-electron chi connectivity index (χ2n) is 6.25. The number of nitrogens with zero attached hydrogens (tertiary/aromatic N) is 2. The van der Waals surface area contributed by atoms with Crippen LogP contribution >= 0.6 is 0 Å². The van der Waals surface area contributed by atoms with Crippen LogP contribution in [0.1, 0.15) is 5.56 Å². The van der Waals surface area contributed by atoms with Crippen LogP contribution in [0, 0.1) is 0 Å². The maximum atomic E-state index is 12.5. The first-order valence-electron chi connectivity index (χ1n) is 8.37. The molecule has 0 saturated carbocycles. The highest BCUT2D eigenvalue weighted by Gasteiger charge is 2.30. The van der Waals surface area contributed by atoms with Gasteiger partial charge in [-0.1, -0.05) is 0 Å². The number of ether oxygens (including phenoxy) is 1. The van der Waals surface area contributed by atoms with Gasteiger partial charge in [-0.2, -0.15) is 13.2 Å². The third kappa shape index (κ3) is 6.40. The van der Waals surface area contributed by atoms with Crippen molar-refractivity contribution in [1.29, 1.82) is 0 Å². The lowest BCUT2D eigenvalue weighted by molar-refractivity contribution is -0.141. The molecule has 0 bridgehead atoms. The highest BCUT2D eigenvalue weighted by molar-refractivity contribution is 5.86. The van der Waals surface area contributed by atoms with Crippen LogP contribution in [0.4, 0.5) is 13.2 Å². The zero-order valence-corrected chi connectivity index (χ0v) is 14.8. The molecule has 0 spiro atoms. The van der Waals surface area contributed by atoms with Gasteiger partial charge >= 0.3 is 6.18 Å². The number of benzene rings is 1. The summed E-state index contributed by atoms with van der Waals surface area (Å²) < 4.78 is 42.8. The Balaban J connectivity index is 1.76. The van der Waals surface area contributed by atoms with Gasteiger partial charge in [0.05, 0.1) is 18.7 Å². The van der Waals surface area contributed by atoms with Gasteiger partial charge in [-0.05, 0) is 24.3 Å². The van der Waals surface area contributed by atoms with Crippen molar-refractivity contribution in [3.05, 3.63) is 29.8 Å². The Labute approximate surface area is 154 Å². The molecule has 1 aliphatic rings. The molecule has 0 radical (unpaired) electrons. The number of aliphatic hydroxyl groups excluding tert-OH is 1. The van der Waals surface area contributed by atoms with Gasteiger partial charge in [-0.3, -0.25) is 9.59 Å². The first-order chi connectivity index (χ1) is 12.7. The van der Waals surface area contributed by atoms with Crippen LogP contribution in [0.2, 0.25) is 0 Å². The van der Waals surface area contributed by atoms with Crippen LogP contribution in [0.3, 0.4) is 0 Å². The molecule has 1 aliphatic heterocycles.